The summed E-state index contributed by atoms with van der Waals surface area (Å²) in [5.41, 5.74) is 0. The van der Waals surface area contributed by atoms with Crippen molar-refractivity contribution in [2.45, 2.75) is 25.6 Å². The number of rotatable bonds is 5. The number of hydrogen-bond acceptors (Lipinski definition) is 4. The lowest BCUT2D eigenvalue weighted by atomic mass is 10.3. The summed E-state index contributed by atoms with van der Waals surface area (Å²) in [6.45, 7) is 5.11. The SMILES string of the molecule is CCOCC(O)CN1CC[C@@H](O)C1. The Bertz CT molecular complexity index is 143. The molecule has 1 rings (SSSR count). The lowest BCUT2D eigenvalue weighted by Crippen LogP contribution is -2.33. The van der Waals surface area contributed by atoms with E-state index in [4.69, 9.17) is 4.74 Å². The second kappa shape index (κ2) is 5.54. The van der Waals surface area contributed by atoms with Crippen molar-refractivity contribution in [1.29, 1.82) is 0 Å². The van der Waals surface area contributed by atoms with Gasteiger partial charge in [-0.2, -0.15) is 0 Å². The van der Waals surface area contributed by atoms with E-state index in [0.717, 1.165) is 13.0 Å². The predicted octanol–water partition coefficient (Wildman–Crippen LogP) is -0.550. The smallest absolute Gasteiger partial charge is 0.0900 e. The van der Waals surface area contributed by atoms with E-state index in [2.05, 4.69) is 4.90 Å². The van der Waals surface area contributed by atoms with Crippen LogP contribution >= 0.6 is 0 Å². The quantitative estimate of drug-likeness (QED) is 0.609. The highest BCUT2D eigenvalue weighted by Gasteiger charge is 2.21. The van der Waals surface area contributed by atoms with E-state index in [0.29, 0.717) is 26.3 Å². The van der Waals surface area contributed by atoms with Gasteiger partial charge in [0.2, 0.25) is 0 Å². The summed E-state index contributed by atoms with van der Waals surface area (Å²) in [4.78, 5) is 2.06. The molecule has 1 aliphatic heterocycles. The molecule has 1 unspecified atom stereocenters. The van der Waals surface area contributed by atoms with Crippen LogP contribution in [0.2, 0.25) is 0 Å². The first-order valence-electron chi connectivity index (χ1n) is 4.88. The van der Waals surface area contributed by atoms with Crippen LogP contribution < -0.4 is 0 Å². The van der Waals surface area contributed by atoms with Gasteiger partial charge in [-0.25, -0.2) is 0 Å². The minimum Gasteiger partial charge on any atom is -0.392 e. The molecule has 0 radical (unpaired) electrons. The van der Waals surface area contributed by atoms with Gasteiger partial charge in [-0.15, -0.1) is 0 Å². The molecular weight excluding hydrogens is 170 g/mol. The van der Waals surface area contributed by atoms with Gasteiger partial charge in [0.15, 0.2) is 0 Å². The Kier molecular flexibility index (Phi) is 4.66. The second-order valence-electron chi connectivity index (χ2n) is 3.52. The Balaban J connectivity index is 2.09. The zero-order valence-electron chi connectivity index (χ0n) is 8.15. The maximum atomic E-state index is 9.48. The summed E-state index contributed by atoms with van der Waals surface area (Å²) < 4.78 is 5.09. The van der Waals surface area contributed by atoms with Gasteiger partial charge in [-0.3, -0.25) is 4.90 Å². The molecule has 0 saturated carbocycles. The minimum atomic E-state index is -0.426. The minimum absolute atomic E-state index is 0.209. The summed E-state index contributed by atoms with van der Waals surface area (Å²) in [6.07, 6.45) is 0.186. The van der Waals surface area contributed by atoms with Gasteiger partial charge in [0, 0.05) is 26.2 Å². The summed E-state index contributed by atoms with van der Waals surface area (Å²) in [6, 6.07) is 0. The number of aliphatic hydroxyl groups excluding tert-OH is 2. The molecule has 4 nitrogen and oxygen atoms in total. The first kappa shape index (κ1) is 10.9. The normalized spacial score (nSPS) is 26.5. The summed E-state index contributed by atoms with van der Waals surface area (Å²) in [7, 11) is 0. The highest BCUT2D eigenvalue weighted by molar-refractivity contribution is 4.76. The highest BCUT2D eigenvalue weighted by Crippen LogP contribution is 2.08. The van der Waals surface area contributed by atoms with E-state index in [-0.39, 0.29) is 6.10 Å². The van der Waals surface area contributed by atoms with E-state index in [9.17, 15) is 10.2 Å². The first-order chi connectivity index (χ1) is 6.22. The summed E-state index contributed by atoms with van der Waals surface area (Å²) in [5.74, 6) is 0. The van der Waals surface area contributed by atoms with Crippen LogP contribution in [0.3, 0.4) is 0 Å². The third-order valence-corrected chi connectivity index (χ3v) is 2.23. The van der Waals surface area contributed by atoms with Gasteiger partial charge in [-0.1, -0.05) is 0 Å². The van der Waals surface area contributed by atoms with Crippen LogP contribution in [0, 0.1) is 0 Å². The molecule has 1 saturated heterocycles. The van der Waals surface area contributed by atoms with Gasteiger partial charge in [0.05, 0.1) is 18.8 Å². The molecule has 0 aliphatic carbocycles. The first-order valence-corrected chi connectivity index (χ1v) is 4.88. The van der Waals surface area contributed by atoms with Crippen molar-refractivity contribution < 1.29 is 14.9 Å². The van der Waals surface area contributed by atoms with Crippen molar-refractivity contribution >= 4 is 0 Å². The van der Waals surface area contributed by atoms with Crippen LogP contribution in [0.15, 0.2) is 0 Å². The molecule has 0 bridgehead atoms. The van der Waals surface area contributed by atoms with Crippen molar-refractivity contribution in [2.24, 2.45) is 0 Å². The standard InChI is InChI=1S/C9H19NO3/c1-2-13-7-9(12)6-10-4-3-8(11)5-10/h8-9,11-12H,2-7H2,1H3/t8-,9?/m1/s1. The molecule has 13 heavy (non-hydrogen) atoms. The Labute approximate surface area is 79.1 Å². The molecule has 78 valence electrons. The molecule has 2 N–H and O–H groups in total. The van der Waals surface area contributed by atoms with Crippen molar-refractivity contribution in [2.75, 3.05) is 32.8 Å². The zero-order chi connectivity index (χ0) is 9.68. The van der Waals surface area contributed by atoms with Gasteiger partial charge >= 0.3 is 0 Å². The van der Waals surface area contributed by atoms with E-state index in [1.165, 1.54) is 0 Å². The molecular formula is C9H19NO3. The van der Waals surface area contributed by atoms with E-state index in [1.807, 2.05) is 6.92 Å². The molecule has 1 aliphatic rings. The molecule has 0 aromatic carbocycles. The van der Waals surface area contributed by atoms with Gasteiger partial charge in [0.25, 0.3) is 0 Å². The van der Waals surface area contributed by atoms with Crippen molar-refractivity contribution in [3.8, 4) is 0 Å². The number of nitrogens with zero attached hydrogens (tertiary/aromatic N) is 1. The average molecular weight is 189 g/mol. The topological polar surface area (TPSA) is 52.9 Å². The number of β-amino-alcohol motifs (C(OH)–C–C–N with tert-alkyl or cyclic N) is 2. The molecule has 0 aromatic heterocycles. The lowest BCUT2D eigenvalue weighted by Gasteiger charge is -2.18. The monoisotopic (exact) mass is 189 g/mol. The van der Waals surface area contributed by atoms with E-state index in [1.54, 1.807) is 0 Å². The maximum Gasteiger partial charge on any atom is 0.0900 e. The average Bonchev–Trinajstić information content (AvgIpc) is 2.48. The lowest BCUT2D eigenvalue weighted by molar-refractivity contribution is 0.0232. The van der Waals surface area contributed by atoms with E-state index >= 15 is 0 Å². The fourth-order valence-corrected chi connectivity index (χ4v) is 1.58. The zero-order valence-corrected chi connectivity index (χ0v) is 8.15. The maximum absolute atomic E-state index is 9.48. The number of likely N-dealkylation sites (tertiary alicyclic amines) is 1. The second-order valence-corrected chi connectivity index (χ2v) is 3.52. The van der Waals surface area contributed by atoms with Crippen LogP contribution in [-0.4, -0.2) is 60.2 Å². The van der Waals surface area contributed by atoms with E-state index < -0.39 is 6.10 Å². The largest absolute Gasteiger partial charge is 0.392 e. The van der Waals surface area contributed by atoms with Gasteiger partial charge < -0.3 is 14.9 Å². The highest BCUT2D eigenvalue weighted by atomic mass is 16.5. The molecule has 0 aromatic rings. The third-order valence-electron chi connectivity index (χ3n) is 2.23. The fourth-order valence-electron chi connectivity index (χ4n) is 1.58. The Hall–Kier alpha value is -0.160. The molecule has 0 spiro atoms. The summed E-state index contributed by atoms with van der Waals surface area (Å²) >= 11 is 0. The van der Waals surface area contributed by atoms with Crippen molar-refractivity contribution in [3.05, 3.63) is 0 Å². The Morgan fingerprint density at radius 1 is 1.62 bits per heavy atom. The van der Waals surface area contributed by atoms with Gasteiger partial charge in [0.1, 0.15) is 0 Å². The van der Waals surface area contributed by atoms with Crippen LogP contribution in [0.25, 0.3) is 0 Å². The molecule has 1 heterocycles. The number of hydrogen-bond donors (Lipinski definition) is 2. The Morgan fingerprint density at radius 2 is 2.38 bits per heavy atom. The fraction of sp³-hybridized carbons (Fsp3) is 1.00. The van der Waals surface area contributed by atoms with Crippen molar-refractivity contribution in [1.82, 2.24) is 4.90 Å². The van der Waals surface area contributed by atoms with Crippen LogP contribution in [0.5, 0.6) is 0 Å². The van der Waals surface area contributed by atoms with Crippen LogP contribution in [0.4, 0.5) is 0 Å². The molecule has 1 fully saturated rings. The molecule has 4 heteroatoms. The number of ether oxygens (including phenoxy) is 1. The number of aliphatic hydroxyl groups is 2. The van der Waals surface area contributed by atoms with Crippen LogP contribution in [0.1, 0.15) is 13.3 Å². The molecule has 2 atom stereocenters. The van der Waals surface area contributed by atoms with Crippen molar-refractivity contribution in [3.63, 3.8) is 0 Å². The summed E-state index contributed by atoms with van der Waals surface area (Å²) in [5, 5.41) is 18.7. The predicted molar refractivity (Wildman–Crippen MR) is 49.6 cm³/mol. The third kappa shape index (κ3) is 4.04. The molecule has 0 amide bonds. The van der Waals surface area contributed by atoms with Crippen LogP contribution in [-0.2, 0) is 4.74 Å². The van der Waals surface area contributed by atoms with Gasteiger partial charge in [-0.05, 0) is 13.3 Å². The Morgan fingerprint density at radius 3 is 2.92 bits per heavy atom.